The summed E-state index contributed by atoms with van der Waals surface area (Å²) in [5, 5.41) is 3.70. The molecule has 0 amide bonds. The van der Waals surface area contributed by atoms with Crippen LogP contribution in [0.2, 0.25) is 0 Å². The van der Waals surface area contributed by atoms with E-state index in [2.05, 4.69) is 29.1 Å². The van der Waals surface area contributed by atoms with Gasteiger partial charge in [-0.3, -0.25) is 9.80 Å². The average molecular weight is 237 g/mol. The van der Waals surface area contributed by atoms with E-state index in [1.54, 1.807) is 0 Å². The lowest BCUT2D eigenvalue weighted by atomic mass is 9.98. The molecule has 17 heavy (non-hydrogen) atoms. The van der Waals surface area contributed by atoms with E-state index in [9.17, 15) is 0 Å². The molecule has 0 aliphatic carbocycles. The first-order chi connectivity index (χ1) is 8.16. The molecule has 2 bridgehead atoms. The molecule has 3 saturated heterocycles. The first-order valence-corrected chi connectivity index (χ1v) is 7.36. The predicted octanol–water partition coefficient (Wildman–Crippen LogP) is 1.30. The zero-order valence-corrected chi connectivity index (χ0v) is 11.4. The molecule has 3 rings (SSSR count). The van der Waals surface area contributed by atoms with Gasteiger partial charge in [-0.05, 0) is 59.2 Å². The fourth-order valence-corrected chi connectivity index (χ4v) is 4.11. The molecule has 0 saturated carbocycles. The lowest BCUT2D eigenvalue weighted by Gasteiger charge is -2.34. The number of rotatable bonds is 2. The molecule has 3 nitrogen and oxygen atoms in total. The van der Waals surface area contributed by atoms with E-state index in [-0.39, 0.29) is 0 Å². The quantitative estimate of drug-likeness (QED) is 0.781. The molecular formula is C14H27N3. The van der Waals surface area contributed by atoms with E-state index in [1.807, 2.05) is 0 Å². The second-order valence-electron chi connectivity index (χ2n) is 6.67. The van der Waals surface area contributed by atoms with Crippen molar-refractivity contribution in [2.75, 3.05) is 33.2 Å². The fraction of sp³-hybridized carbons (Fsp3) is 1.00. The third-order valence-corrected chi connectivity index (χ3v) is 5.26. The number of likely N-dealkylation sites (N-methyl/N-ethyl adjacent to an activating group) is 1. The Balaban J connectivity index is 1.61. The maximum absolute atomic E-state index is 3.70. The van der Waals surface area contributed by atoms with Gasteiger partial charge in [0, 0.05) is 30.7 Å². The van der Waals surface area contributed by atoms with Gasteiger partial charge in [0.05, 0.1) is 0 Å². The zero-order valence-electron chi connectivity index (χ0n) is 11.4. The number of fused-ring (bicyclic) bond motifs is 2. The Labute approximate surface area is 106 Å². The van der Waals surface area contributed by atoms with E-state index in [0.717, 1.165) is 12.1 Å². The summed E-state index contributed by atoms with van der Waals surface area (Å²) in [6, 6.07) is 1.70. The highest BCUT2D eigenvalue weighted by Crippen LogP contribution is 2.30. The van der Waals surface area contributed by atoms with Crippen LogP contribution >= 0.6 is 0 Å². The van der Waals surface area contributed by atoms with Crippen molar-refractivity contribution in [3.05, 3.63) is 0 Å². The van der Waals surface area contributed by atoms with Crippen molar-refractivity contribution < 1.29 is 0 Å². The van der Waals surface area contributed by atoms with Crippen LogP contribution in [-0.2, 0) is 0 Å². The van der Waals surface area contributed by atoms with Crippen LogP contribution in [0.15, 0.2) is 0 Å². The topological polar surface area (TPSA) is 18.5 Å². The van der Waals surface area contributed by atoms with Gasteiger partial charge in [-0.2, -0.15) is 0 Å². The lowest BCUT2D eigenvalue weighted by molar-refractivity contribution is 0.180. The van der Waals surface area contributed by atoms with E-state index < -0.39 is 0 Å². The molecule has 0 aromatic carbocycles. The minimum Gasteiger partial charge on any atom is -0.310 e. The second-order valence-corrected chi connectivity index (χ2v) is 6.67. The highest BCUT2D eigenvalue weighted by molar-refractivity contribution is 4.96. The van der Waals surface area contributed by atoms with E-state index in [4.69, 9.17) is 0 Å². The minimum absolute atomic E-state index is 0.391. The van der Waals surface area contributed by atoms with Crippen LogP contribution in [-0.4, -0.2) is 60.6 Å². The van der Waals surface area contributed by atoms with E-state index >= 15 is 0 Å². The molecule has 3 unspecified atom stereocenters. The number of nitrogens with zero attached hydrogens (tertiary/aromatic N) is 2. The zero-order chi connectivity index (χ0) is 11.9. The molecule has 3 aliphatic rings. The number of hydrogen-bond donors (Lipinski definition) is 1. The summed E-state index contributed by atoms with van der Waals surface area (Å²) < 4.78 is 0. The molecule has 1 N–H and O–H groups in total. The van der Waals surface area contributed by atoms with Crippen LogP contribution in [0.3, 0.4) is 0 Å². The molecule has 0 aromatic rings. The van der Waals surface area contributed by atoms with Crippen LogP contribution in [0.1, 0.15) is 39.0 Å². The summed E-state index contributed by atoms with van der Waals surface area (Å²) in [6.45, 7) is 7.49. The molecule has 0 radical (unpaired) electrons. The van der Waals surface area contributed by atoms with Gasteiger partial charge >= 0.3 is 0 Å². The lowest BCUT2D eigenvalue weighted by Crippen LogP contribution is -2.49. The van der Waals surface area contributed by atoms with Crippen molar-refractivity contribution in [3.63, 3.8) is 0 Å². The van der Waals surface area contributed by atoms with Gasteiger partial charge < -0.3 is 5.32 Å². The number of hydrogen-bond acceptors (Lipinski definition) is 3. The van der Waals surface area contributed by atoms with Gasteiger partial charge in [0.1, 0.15) is 0 Å². The largest absolute Gasteiger partial charge is 0.310 e. The van der Waals surface area contributed by atoms with Crippen molar-refractivity contribution >= 4 is 0 Å². The summed E-state index contributed by atoms with van der Waals surface area (Å²) in [6.07, 6.45) is 6.94. The van der Waals surface area contributed by atoms with Gasteiger partial charge in [-0.15, -0.1) is 0 Å². The van der Waals surface area contributed by atoms with Gasteiger partial charge in [0.2, 0.25) is 0 Å². The Morgan fingerprint density at radius 3 is 2.82 bits per heavy atom. The maximum Gasteiger partial charge on any atom is 0.0280 e. The second kappa shape index (κ2) is 4.52. The Bertz CT molecular complexity index is 273. The Kier molecular flexibility index (Phi) is 3.18. The summed E-state index contributed by atoms with van der Waals surface area (Å²) in [7, 11) is 2.33. The summed E-state index contributed by atoms with van der Waals surface area (Å²) in [5.41, 5.74) is 0.391. The molecule has 3 heteroatoms. The normalized spacial score (nSPS) is 44.1. The fourth-order valence-electron chi connectivity index (χ4n) is 4.11. The van der Waals surface area contributed by atoms with Gasteiger partial charge in [0.25, 0.3) is 0 Å². The van der Waals surface area contributed by atoms with Gasteiger partial charge in [0.15, 0.2) is 0 Å². The molecule has 3 heterocycles. The van der Waals surface area contributed by atoms with Crippen LogP contribution in [0.25, 0.3) is 0 Å². The summed E-state index contributed by atoms with van der Waals surface area (Å²) in [5.74, 6) is 0. The number of nitrogens with one attached hydrogen (secondary N) is 1. The standard InChI is InChI=1S/C14H27N3/c1-14(7-3-8-15-14)11-17-9-6-12-4-5-13(10-17)16(12)2/h12-13,15H,3-11H2,1-2H3. The minimum atomic E-state index is 0.391. The maximum atomic E-state index is 3.70. The van der Waals surface area contributed by atoms with E-state index in [0.29, 0.717) is 5.54 Å². The highest BCUT2D eigenvalue weighted by Gasteiger charge is 2.37. The monoisotopic (exact) mass is 237 g/mol. The van der Waals surface area contributed by atoms with Crippen LogP contribution in [0.5, 0.6) is 0 Å². The van der Waals surface area contributed by atoms with Crippen molar-refractivity contribution in [2.24, 2.45) is 0 Å². The van der Waals surface area contributed by atoms with Crippen LogP contribution < -0.4 is 5.32 Å². The summed E-state index contributed by atoms with van der Waals surface area (Å²) in [4.78, 5) is 5.36. The molecule has 0 aromatic heterocycles. The highest BCUT2D eigenvalue weighted by atomic mass is 15.3. The first kappa shape index (κ1) is 11.9. The molecule has 3 aliphatic heterocycles. The molecule has 98 valence electrons. The Morgan fingerprint density at radius 1 is 1.24 bits per heavy atom. The molecule has 3 fully saturated rings. The van der Waals surface area contributed by atoms with Gasteiger partial charge in [-0.25, -0.2) is 0 Å². The van der Waals surface area contributed by atoms with Crippen molar-refractivity contribution in [1.29, 1.82) is 0 Å². The smallest absolute Gasteiger partial charge is 0.0280 e. The van der Waals surface area contributed by atoms with E-state index in [1.165, 1.54) is 58.3 Å². The van der Waals surface area contributed by atoms with Crippen molar-refractivity contribution in [1.82, 2.24) is 15.1 Å². The average Bonchev–Trinajstić information content (AvgIpc) is 2.78. The predicted molar refractivity (Wildman–Crippen MR) is 71.3 cm³/mol. The third kappa shape index (κ3) is 2.38. The molecule has 0 spiro atoms. The van der Waals surface area contributed by atoms with Crippen molar-refractivity contribution in [2.45, 2.75) is 56.7 Å². The summed E-state index contributed by atoms with van der Waals surface area (Å²) >= 11 is 0. The SMILES string of the molecule is CN1C2CCC1CN(CC1(C)CCCN1)CC2. The van der Waals surface area contributed by atoms with Gasteiger partial charge in [-0.1, -0.05) is 0 Å². The Hall–Kier alpha value is -0.120. The molecular weight excluding hydrogens is 210 g/mol. The first-order valence-electron chi connectivity index (χ1n) is 7.36. The molecule has 3 atom stereocenters. The van der Waals surface area contributed by atoms with Crippen LogP contribution in [0, 0.1) is 0 Å². The van der Waals surface area contributed by atoms with Crippen LogP contribution in [0.4, 0.5) is 0 Å². The third-order valence-electron chi connectivity index (χ3n) is 5.26. The Morgan fingerprint density at radius 2 is 2.06 bits per heavy atom. The van der Waals surface area contributed by atoms with Crippen molar-refractivity contribution in [3.8, 4) is 0 Å². The number of likely N-dealkylation sites (tertiary alicyclic amines) is 1.